The maximum Gasteiger partial charge on any atom is 0.333 e. The molecule has 0 fully saturated rings. The average molecular weight is 201 g/mol. The number of pyridine rings is 1. The second kappa shape index (κ2) is 4.51. The van der Waals surface area contributed by atoms with Crippen molar-refractivity contribution < 1.29 is 4.79 Å². The van der Waals surface area contributed by atoms with Crippen molar-refractivity contribution in [2.45, 2.75) is 0 Å². The molecule has 1 heterocycles. The molecule has 5 nitrogen and oxygen atoms in total. The Morgan fingerprint density at radius 1 is 1.54 bits per heavy atom. The van der Waals surface area contributed by atoms with E-state index in [9.17, 15) is 4.79 Å². The molecule has 0 atom stereocenters. The Morgan fingerprint density at radius 2 is 2.31 bits per heavy atom. The van der Waals surface area contributed by atoms with Gasteiger partial charge in [0.05, 0.1) is 11.9 Å². The zero-order chi connectivity index (χ0) is 9.68. The Hall–Kier alpha value is -1.49. The number of rotatable bonds is 2. The Bertz CT molecular complexity index is 287. The van der Waals surface area contributed by atoms with Gasteiger partial charge in [0.25, 0.3) is 0 Å². The number of aromatic nitrogens is 1. The zero-order valence-electron chi connectivity index (χ0n) is 6.97. The summed E-state index contributed by atoms with van der Waals surface area (Å²) in [5.41, 5.74) is 5.68. The third-order valence-electron chi connectivity index (χ3n) is 1.27. The van der Waals surface area contributed by atoms with Crippen molar-refractivity contribution in [1.29, 1.82) is 0 Å². The Morgan fingerprint density at radius 3 is 2.85 bits per heavy atom. The monoisotopic (exact) mass is 200 g/mol. The summed E-state index contributed by atoms with van der Waals surface area (Å²) in [6.07, 6.45) is 1.51. The van der Waals surface area contributed by atoms with E-state index in [4.69, 9.17) is 11.6 Å². The quantitative estimate of drug-likeness (QED) is 0.493. The Labute approximate surface area is 80.5 Å². The van der Waals surface area contributed by atoms with Crippen LogP contribution in [-0.4, -0.2) is 18.1 Å². The maximum atomic E-state index is 10.7. The van der Waals surface area contributed by atoms with Crippen molar-refractivity contribution in [1.82, 2.24) is 15.7 Å². The number of carbonyl (C=O) groups is 1. The summed E-state index contributed by atoms with van der Waals surface area (Å²) in [5.74, 6) is 0. The molecule has 70 valence electrons. The molecule has 1 rings (SSSR count). The number of hydrogen-bond acceptors (Lipinski definition) is 3. The number of halogens is 1. The Kier molecular flexibility index (Phi) is 3.33. The van der Waals surface area contributed by atoms with Gasteiger partial charge in [0.1, 0.15) is 5.15 Å². The topological polar surface area (TPSA) is 66.1 Å². The van der Waals surface area contributed by atoms with Crippen LogP contribution in [0.5, 0.6) is 0 Å². The molecule has 13 heavy (non-hydrogen) atoms. The number of nitrogens with zero attached hydrogens (tertiary/aromatic N) is 1. The van der Waals surface area contributed by atoms with Crippen molar-refractivity contribution in [2.24, 2.45) is 0 Å². The fourth-order valence-corrected chi connectivity index (χ4v) is 0.753. The molecule has 0 spiro atoms. The van der Waals surface area contributed by atoms with E-state index in [-0.39, 0.29) is 6.03 Å². The molecule has 0 saturated carbocycles. The van der Waals surface area contributed by atoms with Gasteiger partial charge in [-0.15, -0.1) is 0 Å². The lowest BCUT2D eigenvalue weighted by atomic mass is 10.4. The van der Waals surface area contributed by atoms with Gasteiger partial charge in [0.15, 0.2) is 0 Å². The highest BCUT2D eigenvalue weighted by Gasteiger charge is 1.95. The van der Waals surface area contributed by atoms with Gasteiger partial charge >= 0.3 is 6.03 Å². The van der Waals surface area contributed by atoms with E-state index in [0.29, 0.717) is 10.8 Å². The second-order valence-corrected chi connectivity index (χ2v) is 2.59. The Balaban J connectivity index is 2.46. The summed E-state index contributed by atoms with van der Waals surface area (Å²) in [7, 11) is 1.52. The minimum absolute atomic E-state index is 0.324. The first-order valence-electron chi connectivity index (χ1n) is 3.57. The van der Waals surface area contributed by atoms with Crippen LogP contribution in [0, 0.1) is 0 Å². The largest absolute Gasteiger partial charge is 0.340 e. The lowest BCUT2D eigenvalue weighted by Crippen LogP contribution is -2.36. The van der Waals surface area contributed by atoms with Gasteiger partial charge in [-0.25, -0.2) is 9.78 Å². The van der Waals surface area contributed by atoms with E-state index >= 15 is 0 Å². The molecule has 1 aromatic rings. The van der Waals surface area contributed by atoms with Crippen molar-refractivity contribution in [3.05, 3.63) is 23.5 Å². The molecule has 0 aromatic carbocycles. The first kappa shape index (κ1) is 9.60. The predicted molar refractivity (Wildman–Crippen MR) is 50.5 cm³/mol. The van der Waals surface area contributed by atoms with Gasteiger partial charge in [-0.1, -0.05) is 11.6 Å². The third-order valence-corrected chi connectivity index (χ3v) is 1.50. The average Bonchev–Trinajstić information content (AvgIpc) is 2.16. The van der Waals surface area contributed by atoms with Crippen LogP contribution in [0.15, 0.2) is 18.3 Å². The minimum atomic E-state index is -0.324. The van der Waals surface area contributed by atoms with Crippen molar-refractivity contribution in [3.8, 4) is 0 Å². The van der Waals surface area contributed by atoms with E-state index in [1.165, 1.54) is 13.2 Å². The minimum Gasteiger partial charge on any atom is -0.340 e. The molecular weight excluding hydrogens is 192 g/mol. The molecule has 2 amide bonds. The van der Waals surface area contributed by atoms with E-state index in [1.807, 2.05) is 0 Å². The molecule has 0 radical (unpaired) electrons. The zero-order valence-corrected chi connectivity index (χ0v) is 7.72. The van der Waals surface area contributed by atoms with Crippen molar-refractivity contribution >= 4 is 23.3 Å². The van der Waals surface area contributed by atoms with E-state index in [0.717, 1.165) is 0 Å². The summed E-state index contributed by atoms with van der Waals surface area (Å²) in [6.45, 7) is 0. The molecule has 0 bridgehead atoms. The van der Waals surface area contributed by atoms with Crippen LogP contribution in [0.3, 0.4) is 0 Å². The number of amides is 2. The molecule has 3 N–H and O–H groups in total. The highest BCUT2D eigenvalue weighted by Crippen LogP contribution is 2.07. The van der Waals surface area contributed by atoms with Crippen molar-refractivity contribution in [2.75, 3.05) is 12.5 Å². The molecule has 6 heteroatoms. The van der Waals surface area contributed by atoms with Crippen LogP contribution in [-0.2, 0) is 0 Å². The molecule has 0 aliphatic heterocycles. The molecular formula is C7H9ClN4O. The molecule has 0 unspecified atom stereocenters. The van der Waals surface area contributed by atoms with E-state index in [2.05, 4.69) is 21.2 Å². The van der Waals surface area contributed by atoms with E-state index < -0.39 is 0 Å². The summed E-state index contributed by atoms with van der Waals surface area (Å²) in [4.78, 5) is 14.5. The fraction of sp³-hybridized carbons (Fsp3) is 0.143. The fourth-order valence-electron chi connectivity index (χ4n) is 0.641. The standard InChI is InChI=1S/C7H9ClN4O/c1-9-7(13)12-11-5-2-3-6(8)10-4-5/h2-4,11H,1H3,(H2,9,12,13). The molecule has 1 aromatic heterocycles. The normalized spacial score (nSPS) is 9.08. The first-order chi connectivity index (χ1) is 6.22. The van der Waals surface area contributed by atoms with Crippen molar-refractivity contribution in [3.63, 3.8) is 0 Å². The van der Waals surface area contributed by atoms with Gasteiger partial charge in [-0.2, -0.15) is 0 Å². The van der Waals surface area contributed by atoms with E-state index in [1.54, 1.807) is 12.1 Å². The highest BCUT2D eigenvalue weighted by atomic mass is 35.5. The smallest absolute Gasteiger partial charge is 0.333 e. The summed E-state index contributed by atoms with van der Waals surface area (Å²) in [6, 6.07) is 3.00. The second-order valence-electron chi connectivity index (χ2n) is 2.20. The highest BCUT2D eigenvalue weighted by molar-refractivity contribution is 6.29. The number of anilines is 1. The number of hydrogen-bond donors (Lipinski definition) is 3. The third kappa shape index (κ3) is 3.16. The summed E-state index contributed by atoms with van der Waals surface area (Å²) < 4.78 is 0. The summed E-state index contributed by atoms with van der Waals surface area (Å²) in [5, 5.41) is 2.80. The van der Waals surface area contributed by atoms with Gasteiger partial charge in [-0.3, -0.25) is 10.9 Å². The van der Waals surface area contributed by atoms with Crippen LogP contribution >= 0.6 is 11.6 Å². The van der Waals surface area contributed by atoms with Gasteiger partial charge in [0.2, 0.25) is 0 Å². The number of hydrazine groups is 1. The molecule has 0 aliphatic rings. The lowest BCUT2D eigenvalue weighted by molar-refractivity contribution is 0.245. The van der Waals surface area contributed by atoms with Gasteiger partial charge in [0, 0.05) is 7.05 Å². The van der Waals surface area contributed by atoms with Crippen LogP contribution in [0.25, 0.3) is 0 Å². The molecule has 0 aliphatic carbocycles. The predicted octanol–water partition coefficient (Wildman–Crippen LogP) is 0.991. The lowest BCUT2D eigenvalue weighted by Gasteiger charge is -2.06. The van der Waals surface area contributed by atoms with Gasteiger partial charge < -0.3 is 5.32 Å². The SMILES string of the molecule is CNC(=O)NNc1ccc(Cl)nc1. The van der Waals surface area contributed by atoms with Crippen LogP contribution in [0.2, 0.25) is 5.15 Å². The number of nitrogens with one attached hydrogen (secondary N) is 3. The summed E-state index contributed by atoms with van der Waals surface area (Å²) >= 11 is 5.56. The first-order valence-corrected chi connectivity index (χ1v) is 3.95. The number of urea groups is 1. The van der Waals surface area contributed by atoms with Crippen LogP contribution in [0.1, 0.15) is 0 Å². The van der Waals surface area contributed by atoms with Gasteiger partial charge in [-0.05, 0) is 12.1 Å². The van der Waals surface area contributed by atoms with Crippen LogP contribution in [0.4, 0.5) is 10.5 Å². The molecule has 0 saturated heterocycles. The van der Waals surface area contributed by atoms with Crippen LogP contribution < -0.4 is 16.2 Å². The maximum absolute atomic E-state index is 10.7. The number of carbonyl (C=O) groups excluding carboxylic acids is 1.